The molecule has 1 amide bonds. The van der Waals surface area contributed by atoms with Crippen LogP contribution in [0.4, 0.5) is 5.69 Å². The molecule has 2 atom stereocenters. The van der Waals surface area contributed by atoms with Gasteiger partial charge in [-0.15, -0.1) is 11.6 Å². The SMILES string of the molecule is N#Cc1cccc(NC(=O)C23C[C@@H]4C[C@H](CC(Cl)(C4)C2)C3)c1. The summed E-state index contributed by atoms with van der Waals surface area (Å²) in [6, 6.07) is 9.23. The smallest absolute Gasteiger partial charge is 0.230 e. The predicted molar refractivity (Wildman–Crippen MR) is 85.5 cm³/mol. The van der Waals surface area contributed by atoms with Gasteiger partial charge >= 0.3 is 0 Å². The summed E-state index contributed by atoms with van der Waals surface area (Å²) in [5, 5.41) is 12.0. The Morgan fingerprint density at radius 1 is 1.27 bits per heavy atom. The summed E-state index contributed by atoms with van der Waals surface area (Å²) in [4.78, 5) is 12.8. The molecule has 4 saturated carbocycles. The molecule has 0 aliphatic heterocycles. The van der Waals surface area contributed by atoms with Crippen molar-refractivity contribution in [2.45, 2.75) is 43.4 Å². The average molecular weight is 315 g/mol. The third-order valence-corrected chi connectivity index (χ3v) is 6.16. The van der Waals surface area contributed by atoms with Gasteiger partial charge < -0.3 is 5.32 Å². The Bertz CT molecular complexity index is 664. The fourth-order valence-corrected chi connectivity index (χ4v) is 6.04. The number of alkyl halides is 1. The van der Waals surface area contributed by atoms with E-state index in [1.165, 1.54) is 6.42 Å². The van der Waals surface area contributed by atoms with Crippen LogP contribution in [0.25, 0.3) is 0 Å². The first-order valence-corrected chi connectivity index (χ1v) is 8.39. The molecule has 0 unspecified atom stereocenters. The summed E-state index contributed by atoms with van der Waals surface area (Å²) in [7, 11) is 0. The van der Waals surface area contributed by atoms with E-state index in [2.05, 4.69) is 11.4 Å². The van der Waals surface area contributed by atoms with Crippen molar-refractivity contribution in [3.8, 4) is 6.07 Å². The first-order chi connectivity index (χ1) is 10.5. The van der Waals surface area contributed by atoms with Gasteiger partial charge in [-0.2, -0.15) is 5.26 Å². The lowest BCUT2D eigenvalue weighted by molar-refractivity contribution is -0.138. The van der Waals surface area contributed by atoms with Gasteiger partial charge in [0.25, 0.3) is 0 Å². The highest BCUT2D eigenvalue weighted by atomic mass is 35.5. The number of halogens is 1. The van der Waals surface area contributed by atoms with E-state index in [0.29, 0.717) is 23.1 Å². The van der Waals surface area contributed by atoms with Gasteiger partial charge in [0.05, 0.1) is 17.0 Å². The molecule has 22 heavy (non-hydrogen) atoms. The molecule has 5 rings (SSSR count). The van der Waals surface area contributed by atoms with E-state index in [1.807, 2.05) is 6.07 Å². The number of nitriles is 1. The highest BCUT2D eigenvalue weighted by Crippen LogP contribution is 2.64. The topological polar surface area (TPSA) is 52.9 Å². The molecule has 1 N–H and O–H groups in total. The molecule has 114 valence electrons. The fourth-order valence-electron chi connectivity index (χ4n) is 5.35. The van der Waals surface area contributed by atoms with Crippen molar-refractivity contribution in [3.63, 3.8) is 0 Å². The largest absolute Gasteiger partial charge is 0.326 e. The summed E-state index contributed by atoms with van der Waals surface area (Å²) in [5.41, 5.74) is 0.981. The maximum absolute atomic E-state index is 13.0. The minimum absolute atomic E-state index is 0.0988. The highest BCUT2D eigenvalue weighted by molar-refractivity contribution is 6.24. The molecule has 0 spiro atoms. The van der Waals surface area contributed by atoms with E-state index in [0.717, 1.165) is 32.1 Å². The molecule has 0 radical (unpaired) electrons. The molecular weight excluding hydrogens is 296 g/mol. The molecule has 4 aliphatic rings. The molecule has 4 bridgehead atoms. The van der Waals surface area contributed by atoms with E-state index in [4.69, 9.17) is 16.9 Å². The van der Waals surface area contributed by atoms with Crippen LogP contribution < -0.4 is 5.32 Å². The molecule has 1 aromatic carbocycles. The molecule has 0 aromatic heterocycles. The zero-order valence-corrected chi connectivity index (χ0v) is 13.2. The molecule has 4 fully saturated rings. The summed E-state index contributed by atoms with van der Waals surface area (Å²) in [5.74, 6) is 1.31. The van der Waals surface area contributed by atoms with Crippen molar-refractivity contribution in [2.24, 2.45) is 17.3 Å². The number of nitrogens with one attached hydrogen (secondary N) is 1. The second kappa shape index (κ2) is 4.73. The van der Waals surface area contributed by atoms with Gasteiger partial charge in [-0.25, -0.2) is 0 Å². The number of hydrogen-bond donors (Lipinski definition) is 1. The van der Waals surface area contributed by atoms with Crippen LogP contribution in [0.15, 0.2) is 24.3 Å². The van der Waals surface area contributed by atoms with Crippen molar-refractivity contribution in [3.05, 3.63) is 29.8 Å². The second-order valence-electron chi connectivity index (χ2n) is 7.54. The van der Waals surface area contributed by atoms with Crippen LogP contribution in [0.2, 0.25) is 0 Å². The van der Waals surface area contributed by atoms with Crippen LogP contribution in [0.3, 0.4) is 0 Å². The minimum atomic E-state index is -0.297. The Hall–Kier alpha value is -1.53. The number of carbonyl (C=O) groups is 1. The van der Waals surface area contributed by atoms with Crippen molar-refractivity contribution in [2.75, 3.05) is 5.32 Å². The quantitative estimate of drug-likeness (QED) is 0.836. The Labute approximate surface area is 135 Å². The van der Waals surface area contributed by atoms with Gasteiger partial charge in [-0.05, 0) is 68.6 Å². The summed E-state index contributed by atoms with van der Waals surface area (Å²) in [6.07, 6.45) is 6.14. The number of carbonyl (C=O) groups excluding carboxylic acids is 1. The van der Waals surface area contributed by atoms with Crippen LogP contribution in [0.1, 0.15) is 44.1 Å². The second-order valence-corrected chi connectivity index (χ2v) is 8.34. The maximum Gasteiger partial charge on any atom is 0.230 e. The van der Waals surface area contributed by atoms with Crippen molar-refractivity contribution in [1.82, 2.24) is 0 Å². The van der Waals surface area contributed by atoms with Crippen molar-refractivity contribution >= 4 is 23.2 Å². The lowest BCUT2D eigenvalue weighted by atomic mass is 9.49. The minimum Gasteiger partial charge on any atom is -0.326 e. The zero-order valence-electron chi connectivity index (χ0n) is 12.4. The standard InChI is InChI=1S/C18H19ClN2O/c19-18-8-13-4-14(9-18)7-17(6-13,11-18)16(22)21-15-3-1-2-12(5-15)10-20/h1-3,5,13-14H,4,6-9,11H2,(H,21,22)/t13-,14-,17?,18?/m0/s1. The van der Waals surface area contributed by atoms with E-state index >= 15 is 0 Å². The van der Waals surface area contributed by atoms with Gasteiger partial charge in [0, 0.05) is 10.6 Å². The number of nitrogens with zero attached hydrogens (tertiary/aromatic N) is 1. The number of benzene rings is 1. The monoisotopic (exact) mass is 314 g/mol. The molecule has 0 saturated heterocycles. The Morgan fingerprint density at radius 3 is 2.64 bits per heavy atom. The van der Waals surface area contributed by atoms with Crippen molar-refractivity contribution < 1.29 is 4.79 Å². The van der Waals surface area contributed by atoms with Crippen LogP contribution in [-0.2, 0) is 4.79 Å². The summed E-state index contributed by atoms with van der Waals surface area (Å²) in [6.45, 7) is 0. The molecule has 4 aliphatic carbocycles. The van der Waals surface area contributed by atoms with Crippen LogP contribution in [0.5, 0.6) is 0 Å². The van der Waals surface area contributed by atoms with E-state index < -0.39 is 0 Å². The lowest BCUT2D eigenvalue weighted by Gasteiger charge is -2.59. The van der Waals surface area contributed by atoms with Gasteiger partial charge in [0.2, 0.25) is 5.91 Å². The average Bonchev–Trinajstić information content (AvgIpc) is 2.45. The number of hydrogen-bond acceptors (Lipinski definition) is 2. The number of anilines is 1. The van der Waals surface area contributed by atoms with Crippen LogP contribution in [-0.4, -0.2) is 10.8 Å². The lowest BCUT2D eigenvalue weighted by Crippen LogP contribution is -2.57. The predicted octanol–water partition coefficient (Wildman–Crippen LogP) is 4.07. The maximum atomic E-state index is 13.0. The Balaban J connectivity index is 1.59. The Kier molecular flexibility index (Phi) is 3.03. The molecular formula is C18H19ClN2O. The molecule has 4 heteroatoms. The summed E-state index contributed by atoms with van der Waals surface area (Å²) < 4.78 is 0. The number of rotatable bonds is 2. The molecule has 3 nitrogen and oxygen atoms in total. The highest BCUT2D eigenvalue weighted by Gasteiger charge is 2.60. The van der Waals surface area contributed by atoms with Crippen molar-refractivity contribution in [1.29, 1.82) is 5.26 Å². The van der Waals surface area contributed by atoms with E-state index in [-0.39, 0.29) is 16.2 Å². The zero-order chi connectivity index (χ0) is 15.4. The first kappa shape index (κ1) is 14.1. The summed E-state index contributed by atoms with van der Waals surface area (Å²) >= 11 is 6.79. The van der Waals surface area contributed by atoms with Gasteiger partial charge in [-0.3, -0.25) is 4.79 Å². The molecule has 1 aromatic rings. The Morgan fingerprint density at radius 2 is 2.00 bits per heavy atom. The van der Waals surface area contributed by atoms with Crippen LogP contribution >= 0.6 is 11.6 Å². The van der Waals surface area contributed by atoms with Gasteiger partial charge in [0.1, 0.15) is 0 Å². The first-order valence-electron chi connectivity index (χ1n) is 8.01. The normalized spacial score (nSPS) is 38.5. The van der Waals surface area contributed by atoms with Crippen LogP contribution in [0, 0.1) is 28.6 Å². The fraction of sp³-hybridized carbons (Fsp3) is 0.556. The van der Waals surface area contributed by atoms with Gasteiger partial charge in [0.15, 0.2) is 0 Å². The number of amides is 1. The molecule has 0 heterocycles. The van der Waals surface area contributed by atoms with E-state index in [1.54, 1.807) is 18.2 Å². The third-order valence-electron chi connectivity index (χ3n) is 5.72. The van der Waals surface area contributed by atoms with E-state index in [9.17, 15) is 4.79 Å². The third kappa shape index (κ3) is 2.21. The van der Waals surface area contributed by atoms with Gasteiger partial charge in [-0.1, -0.05) is 6.07 Å².